The van der Waals surface area contributed by atoms with Crippen molar-refractivity contribution in [2.24, 2.45) is 0 Å². The van der Waals surface area contributed by atoms with Gasteiger partial charge >= 0.3 is 0 Å². The van der Waals surface area contributed by atoms with E-state index in [1.807, 2.05) is 4.68 Å². The Morgan fingerprint density at radius 1 is 0.900 bits per heavy atom. The third kappa shape index (κ3) is 2.42. The standard InChI is InChI=1S/C16H17N3Si/c1-20(14-19-13-17-12-18-19,15-8-4-2-5-9-15)16-10-6-3-7-11-16/h2-13H,14H2,1H3. The summed E-state index contributed by atoms with van der Waals surface area (Å²) in [6.45, 7) is 2.39. The summed E-state index contributed by atoms with van der Waals surface area (Å²) in [6.07, 6.45) is 4.31. The number of rotatable bonds is 4. The molecule has 20 heavy (non-hydrogen) atoms. The minimum atomic E-state index is -1.85. The van der Waals surface area contributed by atoms with E-state index in [0.29, 0.717) is 0 Å². The normalized spacial score (nSPS) is 11.4. The van der Waals surface area contributed by atoms with E-state index >= 15 is 0 Å². The molecule has 0 N–H and O–H groups in total. The zero-order valence-electron chi connectivity index (χ0n) is 11.5. The van der Waals surface area contributed by atoms with Crippen molar-refractivity contribution in [3.63, 3.8) is 0 Å². The van der Waals surface area contributed by atoms with Crippen LogP contribution in [0.15, 0.2) is 73.3 Å². The van der Waals surface area contributed by atoms with Gasteiger partial charge in [0.25, 0.3) is 0 Å². The van der Waals surface area contributed by atoms with Gasteiger partial charge in [0.2, 0.25) is 0 Å². The van der Waals surface area contributed by atoms with E-state index < -0.39 is 8.07 Å². The predicted molar refractivity (Wildman–Crippen MR) is 83.8 cm³/mol. The zero-order valence-corrected chi connectivity index (χ0v) is 12.5. The average molecular weight is 279 g/mol. The molecular weight excluding hydrogens is 262 g/mol. The van der Waals surface area contributed by atoms with E-state index in [1.54, 1.807) is 12.7 Å². The molecule has 3 rings (SSSR count). The Morgan fingerprint density at radius 3 is 1.90 bits per heavy atom. The Bertz CT molecular complexity index is 611. The van der Waals surface area contributed by atoms with Gasteiger partial charge in [0, 0.05) is 6.17 Å². The van der Waals surface area contributed by atoms with Gasteiger partial charge in [-0.05, 0) is 0 Å². The van der Waals surface area contributed by atoms with E-state index in [4.69, 9.17) is 0 Å². The third-order valence-corrected chi connectivity index (χ3v) is 7.94. The van der Waals surface area contributed by atoms with Crippen LogP contribution < -0.4 is 10.4 Å². The van der Waals surface area contributed by atoms with Crippen LogP contribution in [0.5, 0.6) is 0 Å². The van der Waals surface area contributed by atoms with Gasteiger partial charge in [0.05, 0.1) is 0 Å². The van der Waals surface area contributed by atoms with Crippen molar-refractivity contribution >= 4 is 18.4 Å². The Morgan fingerprint density at radius 2 is 1.45 bits per heavy atom. The molecule has 0 spiro atoms. The lowest BCUT2D eigenvalue weighted by Gasteiger charge is -2.28. The summed E-state index contributed by atoms with van der Waals surface area (Å²) in [5.41, 5.74) is 0. The number of aromatic nitrogens is 3. The first kappa shape index (κ1) is 12.8. The summed E-state index contributed by atoms with van der Waals surface area (Å²) < 4.78 is 1.95. The zero-order chi connectivity index (χ0) is 13.8. The SMILES string of the molecule is C[Si](Cn1cncn1)(c1ccccc1)c1ccccc1. The van der Waals surface area contributed by atoms with Crippen molar-refractivity contribution < 1.29 is 0 Å². The van der Waals surface area contributed by atoms with Gasteiger partial charge in [-0.15, -0.1) is 0 Å². The molecule has 0 saturated carbocycles. The molecule has 0 bridgehead atoms. The van der Waals surface area contributed by atoms with Crippen LogP contribution in [0.4, 0.5) is 0 Å². The van der Waals surface area contributed by atoms with Gasteiger partial charge in [0.1, 0.15) is 20.7 Å². The fraction of sp³-hybridized carbons (Fsp3) is 0.125. The van der Waals surface area contributed by atoms with Crippen molar-refractivity contribution in [1.29, 1.82) is 0 Å². The molecular formula is C16H17N3Si. The first-order valence-corrected chi connectivity index (χ1v) is 9.43. The lowest BCUT2D eigenvalue weighted by Crippen LogP contribution is -2.59. The van der Waals surface area contributed by atoms with Gasteiger partial charge in [-0.2, -0.15) is 5.10 Å². The maximum absolute atomic E-state index is 4.29. The monoisotopic (exact) mass is 279 g/mol. The second kappa shape index (κ2) is 5.42. The van der Waals surface area contributed by atoms with Crippen LogP contribution >= 0.6 is 0 Å². The summed E-state index contributed by atoms with van der Waals surface area (Å²) in [7, 11) is -1.85. The fourth-order valence-corrected chi connectivity index (χ4v) is 5.97. The molecule has 0 amide bonds. The molecule has 3 nitrogen and oxygen atoms in total. The fourth-order valence-electron chi connectivity index (χ4n) is 2.60. The maximum atomic E-state index is 4.29. The molecule has 0 aliphatic carbocycles. The lowest BCUT2D eigenvalue weighted by atomic mass is 10.4. The van der Waals surface area contributed by atoms with E-state index in [-0.39, 0.29) is 0 Å². The summed E-state index contributed by atoms with van der Waals surface area (Å²) in [4.78, 5) is 4.07. The Kier molecular flexibility index (Phi) is 3.48. The average Bonchev–Trinajstić information content (AvgIpc) is 3.02. The van der Waals surface area contributed by atoms with Crippen molar-refractivity contribution in [3.8, 4) is 0 Å². The largest absolute Gasteiger partial charge is 0.255 e. The topological polar surface area (TPSA) is 30.7 Å². The quantitative estimate of drug-likeness (QED) is 0.681. The molecule has 0 aliphatic rings. The first-order valence-electron chi connectivity index (χ1n) is 6.72. The molecule has 0 saturated heterocycles. The number of nitrogens with zero attached hydrogens (tertiary/aromatic N) is 3. The van der Waals surface area contributed by atoms with Crippen molar-refractivity contribution in [1.82, 2.24) is 14.8 Å². The summed E-state index contributed by atoms with van der Waals surface area (Å²) in [5, 5.41) is 7.13. The van der Waals surface area contributed by atoms with Crippen molar-refractivity contribution in [2.75, 3.05) is 0 Å². The molecule has 100 valence electrons. The summed E-state index contributed by atoms with van der Waals surface area (Å²) >= 11 is 0. The van der Waals surface area contributed by atoms with Crippen molar-refractivity contribution in [2.45, 2.75) is 12.7 Å². The number of hydrogen-bond donors (Lipinski definition) is 0. The van der Waals surface area contributed by atoms with Gasteiger partial charge in [-0.25, -0.2) is 4.98 Å². The highest BCUT2D eigenvalue weighted by atomic mass is 28.3. The van der Waals surface area contributed by atoms with Crippen molar-refractivity contribution in [3.05, 3.63) is 73.3 Å². The lowest BCUT2D eigenvalue weighted by molar-refractivity contribution is 0.727. The highest BCUT2D eigenvalue weighted by molar-refractivity contribution is 7.00. The van der Waals surface area contributed by atoms with Crippen LogP contribution in [-0.2, 0) is 6.17 Å². The summed E-state index contributed by atoms with van der Waals surface area (Å²) in [5.74, 6) is 0. The minimum absolute atomic E-state index is 0.904. The van der Waals surface area contributed by atoms with Crippen LogP contribution in [-0.4, -0.2) is 22.8 Å². The van der Waals surface area contributed by atoms with E-state index in [2.05, 4.69) is 77.3 Å². The maximum Gasteiger partial charge on any atom is 0.137 e. The van der Waals surface area contributed by atoms with E-state index in [1.165, 1.54) is 10.4 Å². The predicted octanol–water partition coefficient (Wildman–Crippen LogP) is 1.71. The Labute approximate surface area is 119 Å². The van der Waals surface area contributed by atoms with Gasteiger partial charge in [-0.3, -0.25) is 4.68 Å². The third-order valence-electron chi connectivity index (χ3n) is 3.77. The van der Waals surface area contributed by atoms with Gasteiger partial charge in [0.15, 0.2) is 0 Å². The van der Waals surface area contributed by atoms with Crippen LogP contribution in [0.1, 0.15) is 0 Å². The molecule has 0 aliphatic heterocycles. The van der Waals surface area contributed by atoms with Crippen LogP contribution in [0, 0.1) is 0 Å². The smallest absolute Gasteiger partial charge is 0.137 e. The molecule has 4 heteroatoms. The minimum Gasteiger partial charge on any atom is -0.255 e. The molecule has 0 atom stereocenters. The second-order valence-electron chi connectivity index (χ2n) is 5.16. The van der Waals surface area contributed by atoms with E-state index in [9.17, 15) is 0 Å². The molecule has 1 aromatic heterocycles. The van der Waals surface area contributed by atoms with Crippen LogP contribution in [0.25, 0.3) is 0 Å². The van der Waals surface area contributed by atoms with Gasteiger partial charge < -0.3 is 0 Å². The number of hydrogen-bond acceptors (Lipinski definition) is 2. The molecule has 0 radical (unpaired) electrons. The van der Waals surface area contributed by atoms with Crippen LogP contribution in [0.3, 0.4) is 0 Å². The Balaban J connectivity index is 2.08. The molecule has 0 unspecified atom stereocenters. The molecule has 3 aromatic rings. The second-order valence-corrected chi connectivity index (χ2v) is 9.29. The van der Waals surface area contributed by atoms with E-state index in [0.717, 1.165) is 6.17 Å². The first-order chi connectivity index (χ1) is 9.79. The number of benzene rings is 2. The Hall–Kier alpha value is -2.20. The van der Waals surface area contributed by atoms with Crippen LogP contribution in [0.2, 0.25) is 6.55 Å². The molecule has 0 fully saturated rings. The highest BCUT2D eigenvalue weighted by Gasteiger charge is 2.32. The van der Waals surface area contributed by atoms with Gasteiger partial charge in [-0.1, -0.05) is 77.6 Å². The molecule has 2 aromatic carbocycles. The summed E-state index contributed by atoms with van der Waals surface area (Å²) in [6, 6.07) is 21.5. The molecule has 1 heterocycles. The highest BCUT2D eigenvalue weighted by Crippen LogP contribution is 2.08.